The van der Waals surface area contributed by atoms with Crippen molar-refractivity contribution in [2.24, 2.45) is 12.9 Å². The maximum Gasteiger partial charge on any atom is 0.0847 e. The lowest BCUT2D eigenvalue weighted by molar-refractivity contribution is 0.486. The van der Waals surface area contributed by atoms with Gasteiger partial charge in [-0.1, -0.05) is 11.6 Å². The Morgan fingerprint density at radius 1 is 1.40 bits per heavy atom. The molecule has 1 atom stereocenters. The van der Waals surface area contributed by atoms with Gasteiger partial charge in [0.15, 0.2) is 0 Å². The van der Waals surface area contributed by atoms with E-state index in [0.29, 0.717) is 11.4 Å². The minimum absolute atomic E-state index is 0.0555. The fraction of sp³-hybridized carbons (Fsp3) is 0.538. The molecule has 0 saturated carbocycles. The van der Waals surface area contributed by atoms with Gasteiger partial charge in [0, 0.05) is 20.0 Å². The Balaban J connectivity index is 2.34. The summed E-state index contributed by atoms with van der Waals surface area (Å²) in [5, 5.41) is 9.50. The predicted octanol–water partition coefficient (Wildman–Crippen LogP) is 1.65. The van der Waals surface area contributed by atoms with Crippen molar-refractivity contribution in [2.75, 3.05) is 0 Å². The van der Waals surface area contributed by atoms with E-state index < -0.39 is 0 Å². The lowest BCUT2D eigenvalue weighted by atomic mass is 10.1. The number of hydrazine groups is 1. The van der Waals surface area contributed by atoms with Crippen LogP contribution in [0.2, 0.25) is 5.02 Å². The molecule has 110 valence electrons. The highest BCUT2D eigenvalue weighted by atomic mass is 35.5. The summed E-state index contributed by atoms with van der Waals surface area (Å²) >= 11 is 6.35. The summed E-state index contributed by atoms with van der Waals surface area (Å²) in [5.74, 6) is 5.72. The molecule has 0 aliphatic rings. The second kappa shape index (κ2) is 5.95. The van der Waals surface area contributed by atoms with Crippen LogP contribution in [0.25, 0.3) is 0 Å². The van der Waals surface area contributed by atoms with Crippen LogP contribution in [0.3, 0.4) is 0 Å². The molecule has 2 rings (SSSR count). The molecule has 6 nitrogen and oxygen atoms in total. The highest BCUT2D eigenvalue weighted by Crippen LogP contribution is 2.26. The second-order valence-corrected chi connectivity index (χ2v) is 5.30. The van der Waals surface area contributed by atoms with Gasteiger partial charge in [0.1, 0.15) is 0 Å². The first-order valence-electron chi connectivity index (χ1n) is 6.66. The highest BCUT2D eigenvalue weighted by molar-refractivity contribution is 6.31. The molecular formula is C13H21ClN6. The third-order valence-corrected chi connectivity index (χ3v) is 3.94. The largest absolute Gasteiger partial charge is 0.271 e. The van der Waals surface area contributed by atoms with Gasteiger partial charge >= 0.3 is 0 Å². The quantitative estimate of drug-likeness (QED) is 0.650. The van der Waals surface area contributed by atoms with Gasteiger partial charge in [-0.25, -0.2) is 0 Å². The van der Waals surface area contributed by atoms with E-state index >= 15 is 0 Å². The molecule has 0 saturated heterocycles. The molecule has 7 heteroatoms. The van der Waals surface area contributed by atoms with E-state index in [1.807, 2.05) is 43.2 Å². The van der Waals surface area contributed by atoms with Gasteiger partial charge in [0.25, 0.3) is 0 Å². The van der Waals surface area contributed by atoms with Gasteiger partial charge in [-0.2, -0.15) is 10.2 Å². The summed E-state index contributed by atoms with van der Waals surface area (Å²) in [6.45, 7) is 6.71. The SMILES string of the molecule is CCn1nc(C)c(Cl)c1CC(NN)c1cc(C)nn1C. The van der Waals surface area contributed by atoms with E-state index in [-0.39, 0.29) is 6.04 Å². The average molecular weight is 297 g/mol. The van der Waals surface area contributed by atoms with Gasteiger partial charge in [-0.05, 0) is 26.8 Å². The molecule has 0 aliphatic carbocycles. The van der Waals surface area contributed by atoms with Crippen LogP contribution in [0.15, 0.2) is 6.07 Å². The van der Waals surface area contributed by atoms with Gasteiger partial charge in [0.05, 0.1) is 33.8 Å². The average Bonchev–Trinajstić information content (AvgIpc) is 2.88. The fourth-order valence-electron chi connectivity index (χ4n) is 2.46. The van der Waals surface area contributed by atoms with Crippen molar-refractivity contribution in [3.05, 3.63) is 33.9 Å². The van der Waals surface area contributed by atoms with Crippen LogP contribution in [0.4, 0.5) is 0 Å². The molecule has 20 heavy (non-hydrogen) atoms. The molecule has 0 aliphatic heterocycles. The number of nitrogens with one attached hydrogen (secondary N) is 1. The van der Waals surface area contributed by atoms with Crippen LogP contribution in [-0.4, -0.2) is 19.6 Å². The van der Waals surface area contributed by atoms with Crippen molar-refractivity contribution >= 4 is 11.6 Å². The zero-order valence-electron chi connectivity index (χ0n) is 12.3. The van der Waals surface area contributed by atoms with Crippen LogP contribution in [0, 0.1) is 13.8 Å². The van der Waals surface area contributed by atoms with E-state index in [4.69, 9.17) is 17.4 Å². The third kappa shape index (κ3) is 2.72. The molecule has 2 aromatic rings. The van der Waals surface area contributed by atoms with Crippen molar-refractivity contribution in [1.29, 1.82) is 0 Å². The molecule has 3 N–H and O–H groups in total. The molecule has 1 unspecified atom stereocenters. The number of nitrogens with zero attached hydrogens (tertiary/aromatic N) is 4. The molecule has 0 amide bonds. The normalized spacial score (nSPS) is 12.9. The Morgan fingerprint density at radius 3 is 2.60 bits per heavy atom. The van der Waals surface area contributed by atoms with E-state index in [9.17, 15) is 0 Å². The molecule has 0 radical (unpaired) electrons. The summed E-state index contributed by atoms with van der Waals surface area (Å²) in [5.41, 5.74) is 6.69. The molecule has 2 heterocycles. The van der Waals surface area contributed by atoms with E-state index in [1.165, 1.54) is 0 Å². The van der Waals surface area contributed by atoms with E-state index in [2.05, 4.69) is 15.6 Å². The number of aromatic nitrogens is 4. The smallest absolute Gasteiger partial charge is 0.0847 e. The first kappa shape index (κ1) is 15.0. The number of hydrogen-bond donors (Lipinski definition) is 2. The Hall–Kier alpha value is -1.37. The van der Waals surface area contributed by atoms with Crippen molar-refractivity contribution in [1.82, 2.24) is 25.0 Å². The predicted molar refractivity (Wildman–Crippen MR) is 79.4 cm³/mol. The fourth-order valence-corrected chi connectivity index (χ4v) is 2.68. The second-order valence-electron chi connectivity index (χ2n) is 4.92. The number of halogens is 1. The zero-order valence-corrected chi connectivity index (χ0v) is 13.1. The van der Waals surface area contributed by atoms with Gasteiger partial charge in [-0.3, -0.25) is 20.6 Å². The van der Waals surface area contributed by atoms with Crippen LogP contribution in [-0.2, 0) is 20.0 Å². The van der Waals surface area contributed by atoms with Crippen LogP contribution < -0.4 is 11.3 Å². The van der Waals surface area contributed by atoms with Crippen molar-refractivity contribution in [3.63, 3.8) is 0 Å². The minimum Gasteiger partial charge on any atom is -0.271 e. The number of aryl methyl sites for hydroxylation is 4. The highest BCUT2D eigenvalue weighted by Gasteiger charge is 2.21. The molecule has 0 spiro atoms. The Bertz CT molecular complexity index is 600. The van der Waals surface area contributed by atoms with Gasteiger partial charge < -0.3 is 0 Å². The van der Waals surface area contributed by atoms with E-state index in [1.54, 1.807) is 0 Å². The summed E-state index contributed by atoms with van der Waals surface area (Å²) in [6, 6.07) is 1.97. The van der Waals surface area contributed by atoms with Gasteiger partial charge in [-0.15, -0.1) is 0 Å². The van der Waals surface area contributed by atoms with Crippen LogP contribution in [0.1, 0.15) is 35.7 Å². The van der Waals surface area contributed by atoms with E-state index in [0.717, 1.165) is 29.3 Å². The first-order chi connectivity index (χ1) is 9.47. The zero-order chi connectivity index (χ0) is 14.9. The lowest BCUT2D eigenvalue weighted by Gasteiger charge is -2.17. The standard InChI is InChI=1S/C13H21ClN6/c1-5-20-12(13(14)9(3)18-20)7-10(16-15)11-6-8(2)17-19(11)4/h6,10,16H,5,7,15H2,1-4H3. The maximum absolute atomic E-state index is 6.35. The summed E-state index contributed by atoms with van der Waals surface area (Å²) in [4.78, 5) is 0. The molecular weight excluding hydrogens is 276 g/mol. The first-order valence-corrected chi connectivity index (χ1v) is 7.04. The number of hydrogen-bond acceptors (Lipinski definition) is 4. The summed E-state index contributed by atoms with van der Waals surface area (Å²) < 4.78 is 3.76. The van der Waals surface area contributed by atoms with Gasteiger partial charge in [0.2, 0.25) is 0 Å². The van der Waals surface area contributed by atoms with Crippen molar-refractivity contribution in [2.45, 2.75) is 39.8 Å². The summed E-state index contributed by atoms with van der Waals surface area (Å²) in [7, 11) is 1.91. The topological polar surface area (TPSA) is 73.7 Å². The number of nitrogens with two attached hydrogens (primary N) is 1. The Labute approximate surface area is 123 Å². The third-order valence-electron chi connectivity index (χ3n) is 3.45. The Morgan fingerprint density at radius 2 is 2.10 bits per heavy atom. The maximum atomic E-state index is 6.35. The number of rotatable bonds is 5. The summed E-state index contributed by atoms with van der Waals surface area (Å²) in [6.07, 6.45) is 0.670. The molecule has 2 aromatic heterocycles. The van der Waals surface area contributed by atoms with Crippen molar-refractivity contribution < 1.29 is 0 Å². The molecule has 0 bridgehead atoms. The molecule has 0 fully saturated rings. The lowest BCUT2D eigenvalue weighted by Crippen LogP contribution is -2.31. The Kier molecular flexibility index (Phi) is 4.47. The van der Waals surface area contributed by atoms with Crippen molar-refractivity contribution in [3.8, 4) is 0 Å². The van der Waals surface area contributed by atoms with Crippen LogP contribution in [0.5, 0.6) is 0 Å². The molecule has 0 aromatic carbocycles. The monoisotopic (exact) mass is 296 g/mol. The van der Waals surface area contributed by atoms with Crippen LogP contribution >= 0.6 is 11.6 Å². The minimum atomic E-state index is -0.0555.